The van der Waals surface area contributed by atoms with Crippen molar-refractivity contribution in [3.63, 3.8) is 0 Å². The molecule has 0 fully saturated rings. The monoisotopic (exact) mass is 561 g/mol. The van der Waals surface area contributed by atoms with Crippen LogP contribution in [0.3, 0.4) is 0 Å². The first-order chi connectivity index (χ1) is 19.3. The van der Waals surface area contributed by atoms with Gasteiger partial charge in [0.2, 0.25) is 17.7 Å². The van der Waals surface area contributed by atoms with E-state index in [0.29, 0.717) is 60.9 Å². The molecule has 1 aromatic carbocycles. The van der Waals surface area contributed by atoms with Crippen molar-refractivity contribution in [1.82, 2.24) is 24.5 Å². The fourth-order valence-corrected chi connectivity index (χ4v) is 4.47. The van der Waals surface area contributed by atoms with Gasteiger partial charge < -0.3 is 29.4 Å². The van der Waals surface area contributed by atoms with Gasteiger partial charge in [-0.05, 0) is 24.3 Å². The molecule has 4 aromatic rings. The molecule has 12 heteroatoms. The summed E-state index contributed by atoms with van der Waals surface area (Å²) in [6.45, 7) is 12.6. The molecular formula is C28H35N7O4Si. The number of anilines is 2. The fourth-order valence-electron chi connectivity index (χ4n) is 3.71. The number of ether oxygens (including phenoxy) is 3. The van der Waals surface area contributed by atoms with Crippen molar-refractivity contribution in [2.75, 3.05) is 37.5 Å². The first kappa shape index (κ1) is 28.9. The predicted molar refractivity (Wildman–Crippen MR) is 158 cm³/mol. The van der Waals surface area contributed by atoms with Crippen LogP contribution in [0.25, 0.3) is 22.3 Å². The van der Waals surface area contributed by atoms with E-state index >= 15 is 0 Å². The van der Waals surface area contributed by atoms with Crippen LogP contribution in [0.5, 0.6) is 11.6 Å². The van der Waals surface area contributed by atoms with Crippen molar-refractivity contribution in [3.05, 3.63) is 61.7 Å². The number of hydrogen-bond donors (Lipinski definition) is 2. The minimum atomic E-state index is -1.21. The quantitative estimate of drug-likeness (QED) is 0.122. The topological polar surface area (TPSA) is 125 Å². The molecule has 3 heterocycles. The number of methoxy groups -OCH3 is 1. The third-order valence-electron chi connectivity index (χ3n) is 5.83. The molecule has 0 unspecified atom stereocenters. The van der Waals surface area contributed by atoms with Gasteiger partial charge in [0.05, 0.1) is 12.8 Å². The van der Waals surface area contributed by atoms with Crippen LogP contribution in [-0.2, 0) is 21.0 Å². The van der Waals surface area contributed by atoms with Gasteiger partial charge in [0.1, 0.15) is 18.0 Å². The van der Waals surface area contributed by atoms with Crippen molar-refractivity contribution >= 4 is 36.8 Å². The average molecular weight is 562 g/mol. The van der Waals surface area contributed by atoms with Gasteiger partial charge >= 0.3 is 0 Å². The lowest BCUT2D eigenvalue weighted by Crippen LogP contribution is -2.22. The van der Waals surface area contributed by atoms with Gasteiger partial charge in [0.15, 0.2) is 5.65 Å². The zero-order valence-electron chi connectivity index (χ0n) is 23.3. The van der Waals surface area contributed by atoms with Gasteiger partial charge in [-0.15, -0.1) is 0 Å². The van der Waals surface area contributed by atoms with Gasteiger partial charge in [-0.3, -0.25) is 4.79 Å². The number of benzene rings is 1. The van der Waals surface area contributed by atoms with Crippen molar-refractivity contribution in [3.8, 4) is 22.8 Å². The number of fused-ring (bicyclic) bond motifs is 1. The van der Waals surface area contributed by atoms with Crippen LogP contribution in [0, 0.1) is 0 Å². The Hall–Kier alpha value is -4.13. The summed E-state index contributed by atoms with van der Waals surface area (Å²) in [5, 5.41) is 5.84. The summed E-state index contributed by atoms with van der Waals surface area (Å²) in [4.78, 5) is 30.0. The normalized spacial score (nSPS) is 11.4. The van der Waals surface area contributed by atoms with E-state index in [0.717, 1.165) is 17.2 Å². The molecule has 0 aliphatic carbocycles. The number of rotatable bonds is 14. The number of hydrogen-bond acceptors (Lipinski definition) is 9. The molecular weight excluding hydrogens is 526 g/mol. The molecule has 3 aromatic heterocycles. The Morgan fingerprint density at radius 3 is 2.65 bits per heavy atom. The van der Waals surface area contributed by atoms with Crippen LogP contribution < -0.4 is 15.4 Å². The highest BCUT2D eigenvalue weighted by molar-refractivity contribution is 6.76. The maximum absolute atomic E-state index is 11.7. The van der Waals surface area contributed by atoms with E-state index in [1.807, 2.05) is 10.8 Å². The second-order valence-corrected chi connectivity index (χ2v) is 15.9. The number of amides is 1. The Kier molecular flexibility index (Phi) is 9.59. The van der Waals surface area contributed by atoms with E-state index in [1.165, 1.54) is 6.08 Å². The molecule has 0 saturated heterocycles. The molecule has 40 heavy (non-hydrogen) atoms. The molecule has 0 aliphatic rings. The number of nitrogens with zero attached hydrogens (tertiary/aromatic N) is 5. The Morgan fingerprint density at radius 1 is 1.12 bits per heavy atom. The number of nitrogens with one attached hydrogen (secondary N) is 2. The molecule has 4 rings (SSSR count). The zero-order chi connectivity index (χ0) is 28.5. The summed E-state index contributed by atoms with van der Waals surface area (Å²) >= 11 is 0. The van der Waals surface area contributed by atoms with E-state index in [2.05, 4.69) is 51.8 Å². The minimum Gasteiger partial charge on any atom is -0.437 e. The highest BCUT2D eigenvalue weighted by Gasteiger charge is 2.17. The largest absolute Gasteiger partial charge is 0.437 e. The number of carbonyl (C=O) groups excluding carboxylic acids is 1. The van der Waals surface area contributed by atoms with Gasteiger partial charge in [-0.25, -0.2) is 19.9 Å². The summed E-state index contributed by atoms with van der Waals surface area (Å²) in [7, 11) is 0.434. The molecule has 0 spiro atoms. The second-order valence-electron chi connectivity index (χ2n) is 10.3. The van der Waals surface area contributed by atoms with Crippen molar-refractivity contribution in [2.45, 2.75) is 32.4 Å². The summed E-state index contributed by atoms with van der Waals surface area (Å²) in [6.07, 6.45) is 8.21. The molecule has 1 amide bonds. The molecule has 11 nitrogen and oxygen atoms in total. The standard InChI is InChI=1S/C28H35N7O4Si/c1-6-24(36)33-21-8-7-9-22(14-21)39-25-17-30-27-26(34-25)23(18-35(27)19-38-12-13-40(3,4)5)20-15-31-28(32-16-20)29-10-11-37-2/h6-9,14-18H,1,10-13,19H2,2-5H3,(H,33,36)(H,29,31,32). The van der Waals surface area contributed by atoms with E-state index in [9.17, 15) is 4.79 Å². The van der Waals surface area contributed by atoms with Gasteiger partial charge in [0, 0.05) is 69.8 Å². The Morgan fingerprint density at radius 2 is 1.93 bits per heavy atom. The second kappa shape index (κ2) is 13.3. The number of aromatic nitrogens is 5. The van der Waals surface area contributed by atoms with Crippen LogP contribution in [0.2, 0.25) is 25.7 Å². The zero-order valence-corrected chi connectivity index (χ0v) is 24.3. The fraction of sp³-hybridized carbons (Fsp3) is 0.321. The summed E-state index contributed by atoms with van der Waals surface area (Å²) in [5.74, 6) is 1.01. The lowest BCUT2D eigenvalue weighted by Gasteiger charge is -2.15. The molecule has 0 aliphatic heterocycles. The van der Waals surface area contributed by atoms with Crippen LogP contribution in [0.4, 0.5) is 11.6 Å². The van der Waals surface area contributed by atoms with Crippen LogP contribution in [-0.4, -0.2) is 65.4 Å². The smallest absolute Gasteiger partial charge is 0.247 e. The molecule has 210 valence electrons. The SMILES string of the molecule is C=CC(=O)Nc1cccc(Oc2cnc3c(n2)c(-c2cnc(NCCOC)nc2)cn3COCC[Si](C)(C)C)c1. The lowest BCUT2D eigenvalue weighted by atomic mass is 10.2. The van der Waals surface area contributed by atoms with E-state index in [1.54, 1.807) is 50.0 Å². The molecule has 0 saturated carbocycles. The van der Waals surface area contributed by atoms with Crippen LogP contribution in [0.1, 0.15) is 0 Å². The average Bonchev–Trinajstić information content (AvgIpc) is 3.29. The molecule has 0 radical (unpaired) electrons. The predicted octanol–water partition coefficient (Wildman–Crippen LogP) is 5.18. The summed E-state index contributed by atoms with van der Waals surface area (Å²) in [5.41, 5.74) is 3.45. The highest BCUT2D eigenvalue weighted by atomic mass is 28.3. The van der Waals surface area contributed by atoms with Crippen molar-refractivity contribution in [2.24, 2.45) is 0 Å². The molecule has 2 N–H and O–H groups in total. The third kappa shape index (κ3) is 7.94. The lowest BCUT2D eigenvalue weighted by molar-refractivity contribution is -0.111. The minimum absolute atomic E-state index is 0.303. The van der Waals surface area contributed by atoms with E-state index in [4.69, 9.17) is 19.2 Å². The molecule has 0 bridgehead atoms. The maximum atomic E-state index is 11.7. The first-order valence-electron chi connectivity index (χ1n) is 13.0. The first-order valence-corrected chi connectivity index (χ1v) is 16.7. The maximum Gasteiger partial charge on any atom is 0.247 e. The van der Waals surface area contributed by atoms with Gasteiger partial charge in [-0.2, -0.15) is 0 Å². The van der Waals surface area contributed by atoms with Crippen LogP contribution >= 0.6 is 0 Å². The van der Waals surface area contributed by atoms with E-state index < -0.39 is 8.07 Å². The van der Waals surface area contributed by atoms with E-state index in [-0.39, 0.29) is 5.91 Å². The third-order valence-corrected chi connectivity index (χ3v) is 7.54. The van der Waals surface area contributed by atoms with Gasteiger partial charge in [-0.1, -0.05) is 32.3 Å². The Balaban J connectivity index is 1.62. The Labute approximate surface area is 234 Å². The van der Waals surface area contributed by atoms with Crippen molar-refractivity contribution < 1.29 is 19.0 Å². The Bertz CT molecular complexity index is 1450. The highest BCUT2D eigenvalue weighted by Crippen LogP contribution is 2.31. The molecule has 0 atom stereocenters. The summed E-state index contributed by atoms with van der Waals surface area (Å²) in [6, 6.07) is 8.09. The summed E-state index contributed by atoms with van der Waals surface area (Å²) < 4.78 is 19.0. The van der Waals surface area contributed by atoms with Gasteiger partial charge in [0.25, 0.3) is 0 Å². The number of carbonyl (C=O) groups is 1. The van der Waals surface area contributed by atoms with Crippen LogP contribution in [0.15, 0.2) is 61.7 Å². The van der Waals surface area contributed by atoms with Crippen molar-refractivity contribution in [1.29, 1.82) is 0 Å².